The third-order valence-electron chi connectivity index (χ3n) is 2.39. The van der Waals surface area contributed by atoms with Gasteiger partial charge in [-0.3, -0.25) is 4.79 Å². The van der Waals surface area contributed by atoms with Crippen molar-refractivity contribution in [1.82, 2.24) is 4.37 Å². The molecule has 0 fully saturated rings. The third kappa shape index (κ3) is 2.59. The minimum absolute atomic E-state index is 0.0590. The Bertz CT molecular complexity index is 612. The highest BCUT2D eigenvalue weighted by molar-refractivity contribution is 9.10. The summed E-state index contributed by atoms with van der Waals surface area (Å²) in [4.78, 5) is 11.5. The average molecular weight is 329 g/mol. The lowest BCUT2D eigenvalue weighted by atomic mass is 10.2. The van der Waals surface area contributed by atoms with Crippen LogP contribution in [0.4, 0.5) is 15.1 Å². The smallest absolute Gasteiger partial charge is 0.164 e. The number of aromatic nitrogens is 1. The molecule has 0 atom stereocenters. The number of carbonyl (C=O) groups is 1. The van der Waals surface area contributed by atoms with E-state index in [1.807, 2.05) is 0 Å². The molecule has 0 unspecified atom stereocenters. The molecule has 0 amide bonds. The van der Waals surface area contributed by atoms with Gasteiger partial charge >= 0.3 is 0 Å². The van der Waals surface area contributed by atoms with E-state index in [9.17, 15) is 9.18 Å². The van der Waals surface area contributed by atoms with Gasteiger partial charge in [0.15, 0.2) is 5.78 Å². The Balaban J connectivity index is 2.40. The van der Waals surface area contributed by atoms with Crippen molar-refractivity contribution in [3.05, 3.63) is 39.7 Å². The summed E-state index contributed by atoms with van der Waals surface area (Å²) < 4.78 is 18.0. The zero-order chi connectivity index (χ0) is 13.3. The number of rotatable bonds is 3. The number of nitrogens with one attached hydrogen (secondary N) is 1. The van der Waals surface area contributed by atoms with Crippen molar-refractivity contribution in [2.24, 2.45) is 0 Å². The van der Waals surface area contributed by atoms with E-state index in [2.05, 4.69) is 25.6 Å². The zero-order valence-electron chi connectivity index (χ0n) is 9.75. The van der Waals surface area contributed by atoms with Gasteiger partial charge < -0.3 is 5.32 Å². The number of halogens is 2. The van der Waals surface area contributed by atoms with Gasteiger partial charge in [0.05, 0.1) is 16.9 Å². The molecule has 0 spiro atoms. The molecule has 0 saturated heterocycles. The number of hydrogen-bond acceptors (Lipinski definition) is 4. The number of anilines is 2. The van der Waals surface area contributed by atoms with E-state index in [1.165, 1.54) is 30.6 Å². The van der Waals surface area contributed by atoms with Gasteiger partial charge in [-0.15, -0.1) is 0 Å². The molecule has 0 radical (unpaired) electrons. The number of Topliss-reactive ketones (excluding diaryl/α,β-unsaturated/α-hetero) is 1. The molecule has 6 heteroatoms. The average Bonchev–Trinajstić information content (AvgIpc) is 2.65. The number of aryl methyl sites for hydroxylation is 1. The molecule has 1 N–H and O–H groups in total. The Hall–Kier alpha value is -1.27. The van der Waals surface area contributed by atoms with E-state index in [0.717, 1.165) is 4.47 Å². The quantitative estimate of drug-likeness (QED) is 0.854. The SMILES string of the molecule is CC(=O)c1c(C)nsc1Nc1cc(F)ccc1Br. The molecule has 0 bridgehead atoms. The molecular formula is C12H10BrFN2OS. The predicted molar refractivity (Wildman–Crippen MR) is 74.2 cm³/mol. The molecule has 2 rings (SSSR count). The van der Waals surface area contributed by atoms with Crippen LogP contribution in [0, 0.1) is 12.7 Å². The molecule has 1 aromatic carbocycles. The Morgan fingerprint density at radius 1 is 1.50 bits per heavy atom. The van der Waals surface area contributed by atoms with Gasteiger partial charge in [0.1, 0.15) is 10.8 Å². The van der Waals surface area contributed by atoms with Gasteiger partial charge in [-0.1, -0.05) is 0 Å². The summed E-state index contributed by atoms with van der Waals surface area (Å²) in [7, 11) is 0. The van der Waals surface area contributed by atoms with Crippen LogP contribution in [-0.4, -0.2) is 10.2 Å². The molecule has 1 aromatic heterocycles. The highest BCUT2D eigenvalue weighted by Gasteiger charge is 2.15. The van der Waals surface area contributed by atoms with Crippen LogP contribution in [0.1, 0.15) is 23.0 Å². The lowest BCUT2D eigenvalue weighted by molar-refractivity contribution is 0.101. The lowest BCUT2D eigenvalue weighted by Gasteiger charge is -2.07. The lowest BCUT2D eigenvalue weighted by Crippen LogP contribution is -1.99. The maximum Gasteiger partial charge on any atom is 0.164 e. The van der Waals surface area contributed by atoms with Crippen molar-refractivity contribution in [2.45, 2.75) is 13.8 Å². The molecule has 0 aliphatic heterocycles. The van der Waals surface area contributed by atoms with Gasteiger partial charge in [-0.25, -0.2) is 4.39 Å². The van der Waals surface area contributed by atoms with Gasteiger partial charge in [-0.2, -0.15) is 4.37 Å². The Morgan fingerprint density at radius 2 is 2.22 bits per heavy atom. The van der Waals surface area contributed by atoms with Crippen molar-refractivity contribution in [1.29, 1.82) is 0 Å². The Labute approximate surface area is 116 Å². The minimum atomic E-state index is -0.341. The van der Waals surface area contributed by atoms with E-state index in [4.69, 9.17) is 0 Å². The topological polar surface area (TPSA) is 42.0 Å². The molecule has 0 saturated carbocycles. The second-order valence-electron chi connectivity index (χ2n) is 3.78. The van der Waals surface area contributed by atoms with Gasteiger partial charge in [0.2, 0.25) is 0 Å². The highest BCUT2D eigenvalue weighted by atomic mass is 79.9. The first-order chi connectivity index (χ1) is 8.49. The molecule has 0 aliphatic carbocycles. The summed E-state index contributed by atoms with van der Waals surface area (Å²) in [6.45, 7) is 3.27. The van der Waals surface area contributed by atoms with Crippen molar-refractivity contribution in [2.75, 3.05) is 5.32 Å². The minimum Gasteiger partial charge on any atom is -0.344 e. The first kappa shape index (κ1) is 13.2. The second kappa shape index (κ2) is 5.16. The third-order valence-corrected chi connectivity index (χ3v) is 3.94. The number of ketones is 1. The molecular weight excluding hydrogens is 319 g/mol. The van der Waals surface area contributed by atoms with E-state index >= 15 is 0 Å². The van der Waals surface area contributed by atoms with Crippen LogP contribution in [0.2, 0.25) is 0 Å². The maximum atomic E-state index is 13.2. The molecule has 2 aromatic rings. The summed E-state index contributed by atoms with van der Waals surface area (Å²) in [5, 5.41) is 3.66. The van der Waals surface area contributed by atoms with E-state index in [-0.39, 0.29) is 11.6 Å². The largest absolute Gasteiger partial charge is 0.344 e. The summed E-state index contributed by atoms with van der Waals surface area (Å²) in [6, 6.07) is 4.33. The summed E-state index contributed by atoms with van der Waals surface area (Å²) in [5.41, 5.74) is 1.81. The molecule has 3 nitrogen and oxygen atoms in total. The number of hydrogen-bond donors (Lipinski definition) is 1. The summed E-state index contributed by atoms with van der Waals surface area (Å²) in [5.74, 6) is -0.400. The molecule has 1 heterocycles. The zero-order valence-corrected chi connectivity index (χ0v) is 12.2. The van der Waals surface area contributed by atoms with Gasteiger partial charge in [-0.05, 0) is 59.5 Å². The van der Waals surface area contributed by atoms with Crippen molar-refractivity contribution >= 4 is 43.9 Å². The van der Waals surface area contributed by atoms with Crippen LogP contribution in [-0.2, 0) is 0 Å². The maximum absolute atomic E-state index is 13.2. The highest BCUT2D eigenvalue weighted by Crippen LogP contribution is 2.32. The van der Waals surface area contributed by atoms with Crippen LogP contribution in [0.25, 0.3) is 0 Å². The van der Waals surface area contributed by atoms with Crippen molar-refractivity contribution < 1.29 is 9.18 Å². The first-order valence-corrected chi connectivity index (χ1v) is 6.75. The van der Waals surface area contributed by atoms with Crippen molar-refractivity contribution in [3.63, 3.8) is 0 Å². The fourth-order valence-electron chi connectivity index (χ4n) is 1.59. The van der Waals surface area contributed by atoms with Crippen LogP contribution >= 0.6 is 27.5 Å². The monoisotopic (exact) mass is 328 g/mol. The fourth-order valence-corrected chi connectivity index (χ4v) is 2.79. The van der Waals surface area contributed by atoms with Crippen LogP contribution in [0.3, 0.4) is 0 Å². The number of nitrogens with zero attached hydrogens (tertiary/aromatic N) is 1. The summed E-state index contributed by atoms with van der Waals surface area (Å²) >= 11 is 4.52. The summed E-state index contributed by atoms with van der Waals surface area (Å²) in [6.07, 6.45) is 0. The predicted octanol–water partition coefficient (Wildman–Crippen LogP) is 4.30. The van der Waals surface area contributed by atoms with Crippen LogP contribution in [0.15, 0.2) is 22.7 Å². The van der Waals surface area contributed by atoms with Gasteiger partial charge in [0, 0.05) is 4.47 Å². The Kier molecular flexibility index (Phi) is 3.77. The molecule has 18 heavy (non-hydrogen) atoms. The molecule has 0 aliphatic rings. The molecule has 94 valence electrons. The fraction of sp³-hybridized carbons (Fsp3) is 0.167. The van der Waals surface area contributed by atoms with E-state index < -0.39 is 0 Å². The Morgan fingerprint density at radius 3 is 2.89 bits per heavy atom. The van der Waals surface area contributed by atoms with Crippen LogP contribution in [0.5, 0.6) is 0 Å². The number of carbonyl (C=O) groups excluding carboxylic acids is 1. The first-order valence-electron chi connectivity index (χ1n) is 5.18. The standard InChI is InChI=1S/C12H10BrFN2OS/c1-6-11(7(2)17)12(18-16-6)15-10-5-8(14)3-4-9(10)13/h3-5,15H,1-2H3. The van der Waals surface area contributed by atoms with E-state index in [0.29, 0.717) is 21.9 Å². The second-order valence-corrected chi connectivity index (χ2v) is 5.41. The number of benzene rings is 1. The van der Waals surface area contributed by atoms with Gasteiger partial charge in [0.25, 0.3) is 0 Å². The van der Waals surface area contributed by atoms with Crippen LogP contribution < -0.4 is 5.32 Å². The normalized spacial score (nSPS) is 10.4. The van der Waals surface area contributed by atoms with E-state index in [1.54, 1.807) is 13.0 Å². The van der Waals surface area contributed by atoms with Crippen molar-refractivity contribution in [3.8, 4) is 0 Å².